The molecule has 2 aliphatic rings. The zero-order valence-electron chi connectivity index (χ0n) is 17.7. The van der Waals surface area contributed by atoms with E-state index in [0.717, 1.165) is 5.56 Å². The third kappa shape index (κ3) is 3.17. The zero-order valence-corrected chi connectivity index (χ0v) is 17.7. The second-order valence-electron chi connectivity index (χ2n) is 8.20. The molecule has 13 heteroatoms. The summed E-state index contributed by atoms with van der Waals surface area (Å²) in [5.74, 6) is -0.678. The van der Waals surface area contributed by atoms with E-state index in [2.05, 4.69) is 30.6 Å². The van der Waals surface area contributed by atoms with Crippen molar-refractivity contribution >= 4 is 34.7 Å². The summed E-state index contributed by atoms with van der Waals surface area (Å²) in [6.45, 7) is 0.697. The van der Waals surface area contributed by atoms with E-state index in [1.54, 1.807) is 27.8 Å². The molecule has 0 bridgehead atoms. The van der Waals surface area contributed by atoms with Gasteiger partial charge in [-0.15, -0.1) is 5.10 Å². The number of carbonyl (C=O) groups is 3. The van der Waals surface area contributed by atoms with E-state index in [1.807, 2.05) is 12.1 Å². The van der Waals surface area contributed by atoms with E-state index >= 15 is 0 Å². The summed E-state index contributed by atoms with van der Waals surface area (Å²) in [5.41, 5.74) is 9.61. The molecule has 0 aliphatic carbocycles. The van der Waals surface area contributed by atoms with E-state index in [0.29, 0.717) is 53.4 Å². The number of fused-ring (bicyclic) bond motifs is 2. The molecule has 3 aromatic heterocycles. The second kappa shape index (κ2) is 7.43. The Bertz CT molecular complexity index is 1490. The molecule has 3 N–H and O–H groups in total. The van der Waals surface area contributed by atoms with Crippen LogP contribution < -0.4 is 11.1 Å². The van der Waals surface area contributed by atoms with Crippen LogP contribution in [0.15, 0.2) is 37.1 Å². The fourth-order valence-electron chi connectivity index (χ4n) is 4.37. The Labute approximate surface area is 191 Å². The lowest BCUT2D eigenvalue weighted by molar-refractivity contribution is -0.136. The standard InChI is InChI=1S/C21H18N10O3/c22-18-17-19(24-9-23-18)29(10-25-17)7-12-8-31(28-27-12)13-2-1-11-6-30(21(34)14(11)5-13)15-3-4-16(32)26-20(15)33/h1-2,5,8-10,15H,3-4,6-7H2,(H2,22,23,24)(H,26,32,33). The van der Waals surface area contributed by atoms with Crippen LogP contribution in [-0.2, 0) is 22.7 Å². The van der Waals surface area contributed by atoms with Gasteiger partial charge in [0.1, 0.15) is 23.6 Å². The summed E-state index contributed by atoms with van der Waals surface area (Å²) in [6, 6.07) is 4.78. The summed E-state index contributed by atoms with van der Waals surface area (Å²) in [7, 11) is 0. The van der Waals surface area contributed by atoms with Crippen LogP contribution >= 0.6 is 0 Å². The predicted octanol–water partition coefficient (Wildman–Crippen LogP) is -0.202. The van der Waals surface area contributed by atoms with Crippen LogP contribution in [0.5, 0.6) is 0 Å². The van der Waals surface area contributed by atoms with Gasteiger partial charge in [-0.1, -0.05) is 11.3 Å². The van der Waals surface area contributed by atoms with Crippen molar-refractivity contribution in [2.24, 2.45) is 0 Å². The minimum atomic E-state index is -0.651. The normalized spacial score (nSPS) is 17.9. The Morgan fingerprint density at radius 3 is 2.88 bits per heavy atom. The van der Waals surface area contributed by atoms with Gasteiger partial charge in [0, 0.05) is 18.5 Å². The van der Waals surface area contributed by atoms with E-state index in [-0.39, 0.29) is 18.2 Å². The molecule has 3 amide bonds. The molecule has 6 rings (SSSR count). The van der Waals surface area contributed by atoms with Crippen molar-refractivity contribution in [3.63, 3.8) is 0 Å². The molecule has 34 heavy (non-hydrogen) atoms. The first-order chi connectivity index (χ1) is 16.5. The van der Waals surface area contributed by atoms with Crippen molar-refractivity contribution in [1.29, 1.82) is 0 Å². The fourth-order valence-corrected chi connectivity index (χ4v) is 4.37. The van der Waals surface area contributed by atoms with E-state index < -0.39 is 11.9 Å². The lowest BCUT2D eigenvalue weighted by Crippen LogP contribution is -2.52. The van der Waals surface area contributed by atoms with Gasteiger partial charge in [0.2, 0.25) is 11.8 Å². The number of aromatic nitrogens is 7. The van der Waals surface area contributed by atoms with Crippen LogP contribution in [0, 0.1) is 0 Å². The van der Waals surface area contributed by atoms with Crippen LogP contribution in [0.2, 0.25) is 0 Å². The molecule has 1 atom stereocenters. The third-order valence-corrected chi connectivity index (χ3v) is 6.08. The number of nitrogens with one attached hydrogen (secondary N) is 1. The molecular formula is C21H18N10O3. The molecule has 2 aliphatic heterocycles. The Hall–Kier alpha value is -4.68. The molecule has 1 aromatic carbocycles. The van der Waals surface area contributed by atoms with E-state index in [9.17, 15) is 14.4 Å². The maximum Gasteiger partial charge on any atom is 0.255 e. The molecule has 1 unspecified atom stereocenters. The average Bonchev–Trinajstić information content (AvgIpc) is 3.53. The first kappa shape index (κ1) is 20.0. The van der Waals surface area contributed by atoms with Crippen LogP contribution in [0.3, 0.4) is 0 Å². The summed E-state index contributed by atoms with van der Waals surface area (Å²) < 4.78 is 3.38. The van der Waals surface area contributed by atoms with Gasteiger partial charge in [0.15, 0.2) is 11.5 Å². The van der Waals surface area contributed by atoms with Gasteiger partial charge in [0.05, 0.1) is 24.8 Å². The van der Waals surface area contributed by atoms with Crippen molar-refractivity contribution in [3.05, 3.63) is 53.9 Å². The summed E-state index contributed by atoms with van der Waals surface area (Å²) in [4.78, 5) is 50.7. The van der Waals surface area contributed by atoms with Crippen LogP contribution in [0.1, 0.15) is 34.5 Å². The minimum absolute atomic E-state index is 0.217. The highest BCUT2D eigenvalue weighted by Gasteiger charge is 2.39. The lowest BCUT2D eigenvalue weighted by Gasteiger charge is -2.29. The first-order valence-electron chi connectivity index (χ1n) is 10.6. The fraction of sp³-hybridized carbons (Fsp3) is 0.238. The number of imidazole rings is 1. The monoisotopic (exact) mass is 458 g/mol. The molecular weight excluding hydrogens is 440 g/mol. The molecule has 0 radical (unpaired) electrons. The molecule has 1 fully saturated rings. The van der Waals surface area contributed by atoms with Gasteiger partial charge in [-0.2, -0.15) is 0 Å². The summed E-state index contributed by atoms with van der Waals surface area (Å²) in [5, 5.41) is 10.7. The Balaban J connectivity index is 1.24. The van der Waals surface area contributed by atoms with E-state index in [4.69, 9.17) is 5.73 Å². The molecule has 1 saturated heterocycles. The van der Waals surface area contributed by atoms with E-state index in [1.165, 1.54) is 11.2 Å². The second-order valence-corrected chi connectivity index (χ2v) is 8.20. The Morgan fingerprint density at radius 1 is 1.15 bits per heavy atom. The number of amides is 3. The van der Waals surface area contributed by atoms with Gasteiger partial charge in [-0.3, -0.25) is 19.7 Å². The molecule has 4 aromatic rings. The van der Waals surface area contributed by atoms with Crippen molar-refractivity contribution in [1.82, 2.24) is 44.7 Å². The zero-order chi connectivity index (χ0) is 23.4. The number of nitrogen functional groups attached to an aromatic ring is 1. The highest BCUT2D eigenvalue weighted by Crippen LogP contribution is 2.29. The van der Waals surface area contributed by atoms with Crippen LogP contribution in [0.4, 0.5) is 5.82 Å². The molecule has 0 spiro atoms. The van der Waals surface area contributed by atoms with Crippen LogP contribution in [0.25, 0.3) is 16.9 Å². The largest absolute Gasteiger partial charge is 0.382 e. The summed E-state index contributed by atoms with van der Waals surface area (Å²) in [6.07, 6.45) is 5.30. The first-order valence-corrected chi connectivity index (χ1v) is 10.6. The summed E-state index contributed by atoms with van der Waals surface area (Å²) >= 11 is 0. The third-order valence-electron chi connectivity index (χ3n) is 6.08. The number of carbonyl (C=O) groups excluding carboxylic acids is 3. The maximum absolute atomic E-state index is 13.1. The van der Waals surface area contributed by atoms with Crippen molar-refractivity contribution in [2.75, 3.05) is 5.73 Å². The number of imide groups is 1. The number of anilines is 1. The minimum Gasteiger partial charge on any atom is -0.382 e. The van der Waals surface area contributed by atoms with Gasteiger partial charge in [-0.05, 0) is 24.1 Å². The molecule has 13 nitrogen and oxygen atoms in total. The number of piperidine rings is 1. The maximum atomic E-state index is 13.1. The smallest absolute Gasteiger partial charge is 0.255 e. The highest BCUT2D eigenvalue weighted by atomic mass is 16.2. The van der Waals surface area contributed by atoms with Gasteiger partial charge < -0.3 is 15.2 Å². The van der Waals surface area contributed by atoms with Gasteiger partial charge in [0.25, 0.3) is 5.91 Å². The molecule has 0 saturated carbocycles. The number of benzene rings is 1. The number of rotatable bonds is 4. The Kier molecular flexibility index (Phi) is 4.37. The number of hydrogen-bond acceptors (Lipinski definition) is 9. The van der Waals surface area contributed by atoms with Crippen molar-refractivity contribution in [2.45, 2.75) is 32.0 Å². The van der Waals surface area contributed by atoms with Crippen LogP contribution in [-0.4, -0.2) is 63.2 Å². The SMILES string of the molecule is Nc1ncnc2c1ncn2Cc1cn(-c2ccc3c(c2)C(=O)N(C2CCC(=O)NC2=O)C3)nn1. The quantitative estimate of drug-likeness (QED) is 0.394. The highest BCUT2D eigenvalue weighted by molar-refractivity contribution is 6.05. The van der Waals surface area contributed by atoms with Crippen molar-refractivity contribution < 1.29 is 14.4 Å². The number of nitrogens with two attached hydrogens (primary N) is 1. The van der Waals surface area contributed by atoms with Crippen molar-refractivity contribution in [3.8, 4) is 5.69 Å². The lowest BCUT2D eigenvalue weighted by atomic mass is 10.0. The number of hydrogen-bond donors (Lipinski definition) is 2. The molecule has 170 valence electrons. The topological polar surface area (TPSA) is 167 Å². The average molecular weight is 458 g/mol. The number of nitrogens with zero attached hydrogens (tertiary/aromatic N) is 8. The molecule has 5 heterocycles. The predicted molar refractivity (Wildman–Crippen MR) is 116 cm³/mol. The Morgan fingerprint density at radius 2 is 2.03 bits per heavy atom. The van der Waals surface area contributed by atoms with Gasteiger partial charge >= 0.3 is 0 Å². The van der Waals surface area contributed by atoms with Gasteiger partial charge in [-0.25, -0.2) is 19.6 Å².